The third-order valence-electron chi connectivity index (χ3n) is 1.88. The molecule has 0 saturated carbocycles. The summed E-state index contributed by atoms with van der Waals surface area (Å²) in [5, 5.41) is 6.81. The lowest BCUT2D eigenvalue weighted by atomic mass is 10.0. The molecule has 2 nitrogen and oxygen atoms in total. The molecular formula is C7H18Cl2N2. The lowest BCUT2D eigenvalue weighted by Gasteiger charge is -2.27. The van der Waals surface area contributed by atoms with E-state index in [1.54, 1.807) is 0 Å². The van der Waals surface area contributed by atoms with Crippen LogP contribution in [0, 0.1) is 5.92 Å². The number of rotatable bonds is 1. The molecule has 11 heavy (non-hydrogen) atoms. The molecule has 1 heterocycles. The first-order valence-corrected chi connectivity index (χ1v) is 3.75. The van der Waals surface area contributed by atoms with Crippen LogP contribution in [0.2, 0.25) is 0 Å². The van der Waals surface area contributed by atoms with Crippen LogP contribution in [0.25, 0.3) is 0 Å². The van der Waals surface area contributed by atoms with Crippen molar-refractivity contribution in [3.8, 4) is 0 Å². The van der Waals surface area contributed by atoms with E-state index in [2.05, 4.69) is 24.5 Å². The fourth-order valence-electron chi connectivity index (χ4n) is 1.15. The number of hydrogen-bond acceptors (Lipinski definition) is 2. The van der Waals surface area contributed by atoms with Crippen LogP contribution in [0.1, 0.15) is 13.8 Å². The SMILES string of the molecule is CC(C)C1CNCCN1.Cl.Cl. The molecule has 0 aromatic rings. The summed E-state index contributed by atoms with van der Waals surface area (Å²) in [6.07, 6.45) is 0. The second-order valence-corrected chi connectivity index (χ2v) is 3.01. The average Bonchev–Trinajstić information content (AvgIpc) is 1.90. The smallest absolute Gasteiger partial charge is 0.0215 e. The summed E-state index contributed by atoms with van der Waals surface area (Å²) >= 11 is 0. The second-order valence-electron chi connectivity index (χ2n) is 3.01. The van der Waals surface area contributed by atoms with E-state index in [1.165, 1.54) is 0 Å². The molecule has 0 radical (unpaired) electrons. The molecule has 1 saturated heterocycles. The van der Waals surface area contributed by atoms with Crippen LogP contribution in [-0.4, -0.2) is 25.7 Å². The van der Waals surface area contributed by atoms with Crippen molar-refractivity contribution in [1.29, 1.82) is 0 Å². The summed E-state index contributed by atoms with van der Waals surface area (Å²) in [5.74, 6) is 0.762. The number of nitrogens with one attached hydrogen (secondary N) is 2. The quantitative estimate of drug-likeness (QED) is 0.662. The van der Waals surface area contributed by atoms with E-state index in [0.29, 0.717) is 6.04 Å². The lowest BCUT2D eigenvalue weighted by Crippen LogP contribution is -2.50. The Labute approximate surface area is 81.3 Å². The molecule has 1 fully saturated rings. The predicted octanol–water partition coefficient (Wildman–Crippen LogP) is 1.05. The Hall–Kier alpha value is 0.500. The van der Waals surface area contributed by atoms with E-state index in [-0.39, 0.29) is 24.8 Å². The maximum absolute atomic E-state index is 3.46. The van der Waals surface area contributed by atoms with Gasteiger partial charge in [-0.15, -0.1) is 24.8 Å². The van der Waals surface area contributed by atoms with Gasteiger partial charge in [0.2, 0.25) is 0 Å². The monoisotopic (exact) mass is 200 g/mol. The highest BCUT2D eigenvalue weighted by Crippen LogP contribution is 2.00. The molecule has 0 amide bonds. The van der Waals surface area contributed by atoms with Crippen molar-refractivity contribution in [1.82, 2.24) is 10.6 Å². The van der Waals surface area contributed by atoms with Gasteiger partial charge in [0.25, 0.3) is 0 Å². The van der Waals surface area contributed by atoms with Gasteiger partial charge in [-0.1, -0.05) is 13.8 Å². The minimum atomic E-state index is 0. The van der Waals surface area contributed by atoms with Gasteiger partial charge in [-0.05, 0) is 5.92 Å². The Morgan fingerprint density at radius 1 is 1.18 bits per heavy atom. The first-order valence-electron chi connectivity index (χ1n) is 3.75. The van der Waals surface area contributed by atoms with Crippen LogP contribution in [0.3, 0.4) is 0 Å². The van der Waals surface area contributed by atoms with Crippen molar-refractivity contribution < 1.29 is 0 Å². The standard InChI is InChI=1S/C7H16N2.2ClH/c1-6(2)7-5-8-3-4-9-7;;/h6-9H,3-5H2,1-2H3;2*1H. The summed E-state index contributed by atoms with van der Waals surface area (Å²) in [7, 11) is 0. The van der Waals surface area contributed by atoms with Gasteiger partial charge in [0.05, 0.1) is 0 Å². The van der Waals surface area contributed by atoms with Crippen LogP contribution >= 0.6 is 24.8 Å². The highest BCUT2D eigenvalue weighted by molar-refractivity contribution is 5.85. The van der Waals surface area contributed by atoms with Crippen LogP contribution in [0.4, 0.5) is 0 Å². The zero-order valence-corrected chi connectivity index (χ0v) is 8.73. The largest absolute Gasteiger partial charge is 0.314 e. The van der Waals surface area contributed by atoms with E-state index in [1.807, 2.05) is 0 Å². The Bertz CT molecular complexity index is 82.5. The van der Waals surface area contributed by atoms with Gasteiger partial charge in [-0.3, -0.25) is 0 Å². The average molecular weight is 201 g/mol. The minimum absolute atomic E-state index is 0. The minimum Gasteiger partial charge on any atom is -0.314 e. The van der Waals surface area contributed by atoms with Gasteiger partial charge in [0.15, 0.2) is 0 Å². The third kappa shape index (κ3) is 4.86. The van der Waals surface area contributed by atoms with Crippen molar-refractivity contribution in [2.24, 2.45) is 5.92 Å². The van der Waals surface area contributed by atoms with Crippen molar-refractivity contribution >= 4 is 24.8 Å². The van der Waals surface area contributed by atoms with Crippen LogP contribution in [0.15, 0.2) is 0 Å². The van der Waals surface area contributed by atoms with Gasteiger partial charge in [0, 0.05) is 25.7 Å². The molecule has 1 unspecified atom stereocenters. The molecule has 2 N–H and O–H groups in total. The van der Waals surface area contributed by atoms with Gasteiger partial charge in [-0.25, -0.2) is 0 Å². The van der Waals surface area contributed by atoms with Crippen molar-refractivity contribution in [2.45, 2.75) is 19.9 Å². The van der Waals surface area contributed by atoms with Crippen LogP contribution in [0.5, 0.6) is 0 Å². The molecule has 1 atom stereocenters. The molecule has 0 bridgehead atoms. The lowest BCUT2D eigenvalue weighted by molar-refractivity contribution is 0.342. The van der Waals surface area contributed by atoms with Crippen LogP contribution in [-0.2, 0) is 0 Å². The normalized spacial score (nSPS) is 23.7. The Kier molecular flexibility index (Phi) is 9.15. The van der Waals surface area contributed by atoms with E-state index in [0.717, 1.165) is 25.6 Å². The van der Waals surface area contributed by atoms with E-state index in [4.69, 9.17) is 0 Å². The van der Waals surface area contributed by atoms with Crippen molar-refractivity contribution in [3.05, 3.63) is 0 Å². The predicted molar refractivity (Wildman–Crippen MR) is 54.0 cm³/mol. The molecule has 0 aliphatic carbocycles. The molecule has 1 aliphatic heterocycles. The topological polar surface area (TPSA) is 24.1 Å². The number of piperazine rings is 1. The number of halogens is 2. The summed E-state index contributed by atoms with van der Waals surface area (Å²) in [4.78, 5) is 0. The summed E-state index contributed by atoms with van der Waals surface area (Å²) in [6, 6.07) is 0.693. The molecule has 1 aliphatic rings. The van der Waals surface area contributed by atoms with E-state index >= 15 is 0 Å². The Balaban J connectivity index is 0. The first-order chi connectivity index (χ1) is 4.30. The molecule has 1 rings (SSSR count). The van der Waals surface area contributed by atoms with E-state index in [9.17, 15) is 0 Å². The summed E-state index contributed by atoms with van der Waals surface area (Å²) in [5.41, 5.74) is 0. The van der Waals surface area contributed by atoms with Gasteiger partial charge < -0.3 is 10.6 Å². The Morgan fingerprint density at radius 3 is 2.09 bits per heavy atom. The maximum Gasteiger partial charge on any atom is 0.0215 e. The highest BCUT2D eigenvalue weighted by Gasteiger charge is 2.14. The third-order valence-corrected chi connectivity index (χ3v) is 1.88. The Morgan fingerprint density at radius 2 is 1.82 bits per heavy atom. The summed E-state index contributed by atoms with van der Waals surface area (Å²) < 4.78 is 0. The molecular weight excluding hydrogens is 183 g/mol. The fourth-order valence-corrected chi connectivity index (χ4v) is 1.15. The second kappa shape index (κ2) is 7.17. The van der Waals surface area contributed by atoms with Crippen molar-refractivity contribution in [3.63, 3.8) is 0 Å². The number of hydrogen-bond donors (Lipinski definition) is 2. The first kappa shape index (κ1) is 14.0. The highest BCUT2D eigenvalue weighted by atomic mass is 35.5. The van der Waals surface area contributed by atoms with Crippen molar-refractivity contribution in [2.75, 3.05) is 19.6 Å². The molecule has 0 aromatic heterocycles. The summed E-state index contributed by atoms with van der Waals surface area (Å²) in [6.45, 7) is 7.90. The van der Waals surface area contributed by atoms with Gasteiger partial charge in [-0.2, -0.15) is 0 Å². The van der Waals surface area contributed by atoms with Crippen LogP contribution < -0.4 is 10.6 Å². The zero-order chi connectivity index (χ0) is 6.69. The molecule has 0 spiro atoms. The van der Waals surface area contributed by atoms with E-state index < -0.39 is 0 Å². The fraction of sp³-hybridized carbons (Fsp3) is 1.00. The molecule has 4 heteroatoms. The molecule has 0 aromatic carbocycles. The maximum atomic E-state index is 3.46. The zero-order valence-electron chi connectivity index (χ0n) is 7.09. The molecule has 70 valence electrons. The van der Waals surface area contributed by atoms with Gasteiger partial charge in [0.1, 0.15) is 0 Å². The van der Waals surface area contributed by atoms with Gasteiger partial charge >= 0.3 is 0 Å².